The van der Waals surface area contributed by atoms with Gasteiger partial charge in [-0.15, -0.1) is 0 Å². The van der Waals surface area contributed by atoms with Crippen LogP contribution in [0.3, 0.4) is 0 Å². The second-order valence-electron chi connectivity index (χ2n) is 6.16. The molecule has 0 aliphatic rings. The van der Waals surface area contributed by atoms with Crippen molar-refractivity contribution in [1.29, 1.82) is 0 Å². The smallest absolute Gasteiger partial charge is 0.225 e. The fraction of sp³-hybridized carbons (Fsp3) is 0.211. The van der Waals surface area contributed by atoms with Crippen molar-refractivity contribution in [2.75, 3.05) is 37.8 Å². The molecule has 0 atom stereocenters. The van der Waals surface area contributed by atoms with Gasteiger partial charge in [-0.25, -0.2) is 13.8 Å². The lowest BCUT2D eigenvalue weighted by atomic mass is 10.2. The van der Waals surface area contributed by atoms with E-state index in [-0.39, 0.29) is 0 Å². The predicted molar refractivity (Wildman–Crippen MR) is 102 cm³/mol. The van der Waals surface area contributed by atoms with Crippen LogP contribution < -0.4 is 10.6 Å². The summed E-state index contributed by atoms with van der Waals surface area (Å²) in [6.45, 7) is 1.46. The molecule has 0 bridgehead atoms. The highest BCUT2D eigenvalue weighted by molar-refractivity contribution is 5.65. The minimum Gasteiger partial charge on any atom is -0.353 e. The molecule has 0 fully saturated rings. The summed E-state index contributed by atoms with van der Waals surface area (Å²) in [5.74, 6) is -0.958. The van der Waals surface area contributed by atoms with Gasteiger partial charge in [0.2, 0.25) is 5.95 Å². The van der Waals surface area contributed by atoms with Crippen molar-refractivity contribution >= 4 is 17.5 Å². The maximum absolute atomic E-state index is 13.5. The van der Waals surface area contributed by atoms with Gasteiger partial charge in [-0.1, -0.05) is 6.07 Å². The minimum absolute atomic E-state index is 0.388. The van der Waals surface area contributed by atoms with Gasteiger partial charge in [0.05, 0.1) is 11.4 Å². The third-order valence-electron chi connectivity index (χ3n) is 3.69. The average Bonchev–Trinajstić information content (AvgIpc) is 2.65. The van der Waals surface area contributed by atoms with Crippen molar-refractivity contribution in [1.82, 2.24) is 19.9 Å². The Morgan fingerprint density at radius 2 is 1.81 bits per heavy atom. The van der Waals surface area contributed by atoms with E-state index in [4.69, 9.17) is 0 Å². The van der Waals surface area contributed by atoms with Crippen molar-refractivity contribution in [3.05, 3.63) is 60.3 Å². The van der Waals surface area contributed by atoms with Gasteiger partial charge in [-0.2, -0.15) is 4.98 Å². The fourth-order valence-electron chi connectivity index (χ4n) is 2.35. The molecule has 0 spiro atoms. The van der Waals surface area contributed by atoms with Gasteiger partial charge in [0.15, 0.2) is 11.6 Å². The lowest BCUT2D eigenvalue weighted by molar-refractivity contribution is 0.425. The van der Waals surface area contributed by atoms with Crippen LogP contribution in [0.2, 0.25) is 0 Å². The molecule has 6 nitrogen and oxygen atoms in total. The van der Waals surface area contributed by atoms with E-state index in [1.807, 2.05) is 37.2 Å². The first-order valence-electron chi connectivity index (χ1n) is 8.42. The Bertz CT molecular complexity index is 902. The summed E-state index contributed by atoms with van der Waals surface area (Å²) < 4.78 is 26.6. The van der Waals surface area contributed by atoms with Crippen molar-refractivity contribution in [3.8, 4) is 11.4 Å². The Morgan fingerprint density at radius 1 is 0.963 bits per heavy atom. The molecule has 0 aliphatic heterocycles. The van der Waals surface area contributed by atoms with Gasteiger partial charge in [0.25, 0.3) is 0 Å². The number of hydrogen-bond donors (Lipinski definition) is 2. The summed E-state index contributed by atoms with van der Waals surface area (Å²) in [6.07, 6.45) is 1.68. The first-order valence-corrected chi connectivity index (χ1v) is 8.42. The highest BCUT2D eigenvalue weighted by Crippen LogP contribution is 2.23. The molecule has 2 aromatic heterocycles. The van der Waals surface area contributed by atoms with Crippen LogP contribution in [0.4, 0.5) is 26.2 Å². The zero-order chi connectivity index (χ0) is 19.2. The SMILES string of the molecule is CN(C)CCNc1nc(Nc2ccc(F)c(F)c2)cc(-c2ccccn2)n1. The van der Waals surface area contributed by atoms with Gasteiger partial charge in [0, 0.05) is 37.1 Å². The van der Waals surface area contributed by atoms with Crippen LogP contribution in [-0.2, 0) is 0 Å². The number of pyridine rings is 1. The fourth-order valence-corrected chi connectivity index (χ4v) is 2.35. The molecule has 0 saturated carbocycles. The maximum atomic E-state index is 13.5. The molecule has 0 amide bonds. The van der Waals surface area contributed by atoms with Crippen molar-refractivity contribution in [2.24, 2.45) is 0 Å². The predicted octanol–water partition coefficient (Wildman–Crippen LogP) is 3.53. The number of hydrogen-bond acceptors (Lipinski definition) is 6. The zero-order valence-corrected chi connectivity index (χ0v) is 15.1. The van der Waals surface area contributed by atoms with Crippen LogP contribution in [0.5, 0.6) is 0 Å². The minimum atomic E-state index is -0.927. The Kier molecular flexibility index (Phi) is 5.87. The Hall–Kier alpha value is -3.13. The number of likely N-dealkylation sites (N-methyl/N-ethyl adjacent to an activating group) is 1. The molecular weight excluding hydrogens is 350 g/mol. The highest BCUT2D eigenvalue weighted by atomic mass is 19.2. The van der Waals surface area contributed by atoms with Crippen LogP contribution in [0, 0.1) is 11.6 Å². The summed E-state index contributed by atoms with van der Waals surface area (Å²) in [5, 5.41) is 6.15. The quantitative estimate of drug-likeness (QED) is 0.663. The van der Waals surface area contributed by atoms with Crippen LogP contribution in [-0.4, -0.2) is 47.0 Å². The van der Waals surface area contributed by atoms with Crippen LogP contribution >= 0.6 is 0 Å². The maximum Gasteiger partial charge on any atom is 0.225 e. The third-order valence-corrected chi connectivity index (χ3v) is 3.69. The molecule has 2 heterocycles. The summed E-state index contributed by atoms with van der Waals surface area (Å²) in [5.41, 5.74) is 1.69. The number of benzene rings is 1. The summed E-state index contributed by atoms with van der Waals surface area (Å²) in [4.78, 5) is 15.3. The monoisotopic (exact) mass is 370 g/mol. The van der Waals surface area contributed by atoms with Crippen LogP contribution in [0.25, 0.3) is 11.4 Å². The number of nitrogens with one attached hydrogen (secondary N) is 2. The van der Waals surface area contributed by atoms with Crippen LogP contribution in [0.15, 0.2) is 48.7 Å². The second kappa shape index (κ2) is 8.50. The second-order valence-corrected chi connectivity index (χ2v) is 6.16. The standard InChI is InChI=1S/C19H20F2N6/c1-27(2)10-9-23-19-25-17(16-5-3-4-8-22-16)12-18(26-19)24-13-6-7-14(20)15(21)11-13/h3-8,11-12H,9-10H2,1-2H3,(H2,23,24,25,26). The van der Waals surface area contributed by atoms with E-state index in [1.165, 1.54) is 6.07 Å². The Morgan fingerprint density at radius 3 is 2.52 bits per heavy atom. The van der Waals surface area contributed by atoms with E-state index in [2.05, 4.69) is 25.6 Å². The first kappa shape index (κ1) is 18.7. The average molecular weight is 370 g/mol. The molecule has 3 aromatic rings. The van der Waals surface area contributed by atoms with Gasteiger partial charge in [-0.3, -0.25) is 4.98 Å². The first-order chi connectivity index (χ1) is 13.0. The summed E-state index contributed by atoms with van der Waals surface area (Å²) >= 11 is 0. The number of nitrogens with zero attached hydrogens (tertiary/aromatic N) is 4. The van der Waals surface area contributed by atoms with Gasteiger partial charge in [0.1, 0.15) is 5.82 Å². The molecule has 8 heteroatoms. The van der Waals surface area contributed by atoms with Gasteiger partial charge >= 0.3 is 0 Å². The molecule has 2 N–H and O–H groups in total. The van der Waals surface area contributed by atoms with Crippen molar-refractivity contribution < 1.29 is 8.78 Å². The van der Waals surface area contributed by atoms with Crippen molar-refractivity contribution in [2.45, 2.75) is 0 Å². The topological polar surface area (TPSA) is 66.0 Å². The molecule has 1 aromatic carbocycles. The number of aromatic nitrogens is 3. The summed E-state index contributed by atoms with van der Waals surface area (Å²) in [7, 11) is 3.95. The molecule has 140 valence electrons. The lowest BCUT2D eigenvalue weighted by Gasteiger charge is -2.13. The molecule has 0 radical (unpaired) electrons. The number of halogens is 2. The molecule has 0 saturated heterocycles. The number of rotatable bonds is 7. The van der Waals surface area contributed by atoms with E-state index >= 15 is 0 Å². The lowest BCUT2D eigenvalue weighted by Crippen LogP contribution is -2.21. The van der Waals surface area contributed by atoms with E-state index < -0.39 is 11.6 Å². The Labute approximate surface area is 156 Å². The zero-order valence-electron chi connectivity index (χ0n) is 15.1. The van der Waals surface area contributed by atoms with E-state index in [0.29, 0.717) is 35.4 Å². The molecule has 3 rings (SSSR count). The molecule has 27 heavy (non-hydrogen) atoms. The largest absolute Gasteiger partial charge is 0.353 e. The van der Waals surface area contributed by atoms with Gasteiger partial charge in [-0.05, 0) is 38.4 Å². The number of anilines is 3. The van der Waals surface area contributed by atoms with Crippen LogP contribution in [0.1, 0.15) is 0 Å². The third kappa shape index (κ3) is 5.18. The molecular formula is C19H20F2N6. The normalized spacial score (nSPS) is 10.9. The summed E-state index contributed by atoms with van der Waals surface area (Å²) in [6, 6.07) is 10.8. The van der Waals surface area contributed by atoms with E-state index in [9.17, 15) is 8.78 Å². The molecule has 0 aliphatic carbocycles. The van der Waals surface area contributed by atoms with E-state index in [0.717, 1.165) is 18.7 Å². The molecule has 0 unspecified atom stereocenters. The van der Waals surface area contributed by atoms with E-state index in [1.54, 1.807) is 12.3 Å². The van der Waals surface area contributed by atoms with Gasteiger partial charge < -0.3 is 15.5 Å². The highest BCUT2D eigenvalue weighted by Gasteiger charge is 2.09. The van der Waals surface area contributed by atoms with Crippen molar-refractivity contribution in [3.63, 3.8) is 0 Å². The Balaban J connectivity index is 1.90.